The van der Waals surface area contributed by atoms with Crippen LogP contribution in [0, 0.1) is 0 Å². The molecule has 2 heterocycles. The van der Waals surface area contributed by atoms with E-state index < -0.39 is 23.7 Å². The summed E-state index contributed by atoms with van der Waals surface area (Å²) in [6, 6.07) is 17.5. The molecule has 10 nitrogen and oxygen atoms in total. The maximum atomic E-state index is 12.9. The summed E-state index contributed by atoms with van der Waals surface area (Å²) < 4.78 is 33.5. The number of alkyl halides is 3. The molecule has 2 aliphatic rings. The molecule has 6 rings (SSSR count). The summed E-state index contributed by atoms with van der Waals surface area (Å²) in [7, 11) is 0. The number of nitrogens with one attached hydrogen (secondary N) is 1. The number of carboxylic acids is 2. The molecular weight excluding hydrogens is 567 g/mol. The van der Waals surface area contributed by atoms with Crippen LogP contribution in [0.4, 0.5) is 13.2 Å². The quantitative estimate of drug-likeness (QED) is 0.279. The molecule has 0 aliphatic heterocycles. The third-order valence-corrected chi connectivity index (χ3v) is 8.06. The normalized spacial score (nSPS) is 20.3. The van der Waals surface area contributed by atoms with E-state index in [1.165, 1.54) is 5.56 Å². The van der Waals surface area contributed by atoms with Crippen molar-refractivity contribution in [2.24, 2.45) is 0 Å². The van der Waals surface area contributed by atoms with Crippen molar-refractivity contribution in [1.82, 2.24) is 25.3 Å². The zero-order chi connectivity index (χ0) is 31.0. The number of hydrogen-bond donors (Lipinski definition) is 3. The number of aromatic nitrogens is 4. The van der Waals surface area contributed by atoms with Crippen LogP contribution in [0.15, 0.2) is 67.0 Å². The molecule has 4 aromatic rings. The van der Waals surface area contributed by atoms with Gasteiger partial charge in [0, 0.05) is 29.3 Å². The number of pyridine rings is 1. The molecule has 13 heteroatoms. The van der Waals surface area contributed by atoms with E-state index in [1.54, 1.807) is 23.0 Å². The van der Waals surface area contributed by atoms with Gasteiger partial charge in [-0.25, -0.2) is 14.3 Å². The number of halogens is 3. The molecule has 1 amide bonds. The first-order chi connectivity index (χ1) is 20.3. The standard InChI is InChI=1S/C28H27N5O3.C2HF3O2/c1-27(11-12-27)22-9-7-19(8-10-22)25(34)30-28(26(35)36)14-21(15-28)23-17-33(32-31-23)16-20-5-2-4-18-6-3-13-29-24(18)20;3-2(4,5)1(6)7/h2-10,13,17,21H,11-12,14-16H2,1H3,(H,30,34)(H,35,36);(H,6,7). The van der Waals surface area contributed by atoms with Crippen molar-refractivity contribution in [3.63, 3.8) is 0 Å². The molecule has 2 saturated carbocycles. The lowest BCUT2D eigenvalue weighted by molar-refractivity contribution is -0.192. The number of para-hydroxylation sites is 1. The van der Waals surface area contributed by atoms with Gasteiger partial charge in [-0.05, 0) is 60.4 Å². The van der Waals surface area contributed by atoms with Crippen molar-refractivity contribution < 1.29 is 37.8 Å². The Labute approximate surface area is 243 Å². The molecule has 3 N–H and O–H groups in total. The summed E-state index contributed by atoms with van der Waals surface area (Å²) in [5, 5.41) is 29.5. The molecule has 0 bridgehead atoms. The number of aliphatic carboxylic acids is 2. The van der Waals surface area contributed by atoms with Crippen molar-refractivity contribution in [1.29, 1.82) is 0 Å². The molecule has 0 unspecified atom stereocenters. The van der Waals surface area contributed by atoms with Crippen molar-refractivity contribution in [2.45, 2.75) is 62.2 Å². The van der Waals surface area contributed by atoms with Gasteiger partial charge in [-0.3, -0.25) is 9.78 Å². The Morgan fingerprint density at radius 2 is 1.67 bits per heavy atom. The van der Waals surface area contributed by atoms with Crippen molar-refractivity contribution in [2.75, 3.05) is 0 Å². The van der Waals surface area contributed by atoms with E-state index >= 15 is 0 Å². The van der Waals surface area contributed by atoms with Crippen molar-refractivity contribution in [3.8, 4) is 0 Å². The largest absolute Gasteiger partial charge is 0.490 e. The first kappa shape index (κ1) is 29.7. The van der Waals surface area contributed by atoms with Gasteiger partial charge in [-0.2, -0.15) is 13.2 Å². The maximum Gasteiger partial charge on any atom is 0.490 e. The first-order valence-electron chi connectivity index (χ1n) is 13.5. The fourth-order valence-corrected chi connectivity index (χ4v) is 5.16. The molecule has 43 heavy (non-hydrogen) atoms. The summed E-state index contributed by atoms with van der Waals surface area (Å²) in [6.07, 6.45) is 1.42. The number of benzene rings is 2. The Kier molecular flexibility index (Phi) is 7.67. The lowest BCUT2D eigenvalue weighted by atomic mass is 9.67. The summed E-state index contributed by atoms with van der Waals surface area (Å²) >= 11 is 0. The van der Waals surface area contributed by atoms with Crippen LogP contribution in [0.2, 0.25) is 0 Å². The molecule has 224 valence electrons. The van der Waals surface area contributed by atoms with Crippen molar-refractivity contribution in [3.05, 3.63) is 89.4 Å². The molecule has 2 aromatic carbocycles. The number of carbonyl (C=O) groups excluding carboxylic acids is 1. The minimum absolute atomic E-state index is 0.0852. The van der Waals surface area contributed by atoms with E-state index in [-0.39, 0.29) is 30.1 Å². The fraction of sp³-hybridized carbons (Fsp3) is 0.333. The van der Waals surface area contributed by atoms with Gasteiger partial charge < -0.3 is 15.5 Å². The summed E-state index contributed by atoms with van der Waals surface area (Å²) in [5.74, 6) is -4.23. The molecule has 2 aromatic heterocycles. The highest BCUT2D eigenvalue weighted by molar-refractivity contribution is 5.98. The average Bonchev–Trinajstić information content (AvgIpc) is 3.54. The topological polar surface area (TPSA) is 147 Å². The second-order valence-electron chi connectivity index (χ2n) is 11.2. The van der Waals surface area contributed by atoms with Gasteiger partial charge in [-0.1, -0.05) is 48.5 Å². The summed E-state index contributed by atoms with van der Waals surface area (Å²) in [5.41, 5.74) is 3.31. The monoisotopic (exact) mass is 595 g/mol. The second kappa shape index (κ2) is 11.1. The zero-order valence-corrected chi connectivity index (χ0v) is 23.0. The van der Waals surface area contributed by atoms with Crippen LogP contribution in [0.5, 0.6) is 0 Å². The Morgan fingerprint density at radius 3 is 2.28 bits per heavy atom. The van der Waals surface area contributed by atoms with Crippen LogP contribution in [-0.2, 0) is 21.5 Å². The highest BCUT2D eigenvalue weighted by atomic mass is 19.4. The highest BCUT2D eigenvalue weighted by Gasteiger charge is 2.53. The van der Waals surface area contributed by atoms with Gasteiger partial charge in [0.1, 0.15) is 5.54 Å². The van der Waals surface area contributed by atoms with E-state index in [0.29, 0.717) is 12.1 Å². The second-order valence-corrected chi connectivity index (χ2v) is 11.2. The Balaban J connectivity index is 0.000000472. The van der Waals surface area contributed by atoms with Crippen molar-refractivity contribution >= 4 is 28.7 Å². The van der Waals surface area contributed by atoms with Crippen LogP contribution >= 0.6 is 0 Å². The van der Waals surface area contributed by atoms with Crippen LogP contribution in [-0.4, -0.2) is 59.8 Å². The van der Waals surface area contributed by atoms with Crippen LogP contribution in [0.1, 0.15) is 65.7 Å². The van der Waals surface area contributed by atoms with Gasteiger partial charge in [0.15, 0.2) is 0 Å². The number of fused-ring (bicyclic) bond motifs is 1. The number of carbonyl (C=O) groups is 3. The third kappa shape index (κ3) is 6.35. The molecule has 0 spiro atoms. The van der Waals surface area contributed by atoms with Crippen LogP contribution in [0.3, 0.4) is 0 Å². The van der Waals surface area contributed by atoms with Crippen LogP contribution in [0.25, 0.3) is 10.9 Å². The molecule has 2 aliphatic carbocycles. The highest BCUT2D eigenvalue weighted by Crippen LogP contribution is 2.47. The number of hydrogen-bond acceptors (Lipinski definition) is 6. The molecule has 0 radical (unpaired) electrons. The SMILES string of the molecule is CC1(c2ccc(C(=O)NC3(C(=O)O)CC(c4cn(Cc5cccc6cccnc56)nn4)C3)cc2)CC1.O=C(O)C(F)(F)F. The lowest BCUT2D eigenvalue weighted by Crippen LogP contribution is -2.61. The Hall–Kier alpha value is -4.81. The lowest BCUT2D eigenvalue weighted by Gasteiger charge is -2.43. The van der Waals surface area contributed by atoms with E-state index in [4.69, 9.17) is 9.90 Å². The zero-order valence-electron chi connectivity index (χ0n) is 23.0. The third-order valence-electron chi connectivity index (χ3n) is 8.06. The predicted octanol–water partition coefficient (Wildman–Crippen LogP) is 4.69. The minimum atomic E-state index is -5.08. The van der Waals surface area contributed by atoms with E-state index in [9.17, 15) is 27.9 Å². The van der Waals surface area contributed by atoms with E-state index in [2.05, 4.69) is 27.5 Å². The minimum Gasteiger partial charge on any atom is -0.480 e. The fourth-order valence-electron chi connectivity index (χ4n) is 5.16. The van der Waals surface area contributed by atoms with Gasteiger partial charge in [0.25, 0.3) is 5.91 Å². The molecule has 0 saturated heterocycles. The summed E-state index contributed by atoms with van der Waals surface area (Å²) in [4.78, 5) is 38.4. The predicted molar refractivity (Wildman–Crippen MR) is 147 cm³/mol. The van der Waals surface area contributed by atoms with Gasteiger partial charge in [0.05, 0.1) is 17.8 Å². The Morgan fingerprint density at radius 1 is 1.02 bits per heavy atom. The summed E-state index contributed by atoms with van der Waals surface area (Å²) in [6.45, 7) is 2.73. The first-order valence-corrected chi connectivity index (χ1v) is 13.5. The molecule has 2 fully saturated rings. The number of nitrogens with zero attached hydrogens (tertiary/aromatic N) is 4. The van der Waals surface area contributed by atoms with Crippen LogP contribution < -0.4 is 5.32 Å². The maximum absolute atomic E-state index is 12.9. The van der Waals surface area contributed by atoms with E-state index in [0.717, 1.165) is 35.0 Å². The smallest absolute Gasteiger partial charge is 0.480 e. The van der Waals surface area contributed by atoms with Gasteiger partial charge in [-0.15, -0.1) is 5.10 Å². The number of rotatable bonds is 7. The molecular formula is C30H28F3N5O5. The van der Waals surface area contributed by atoms with Gasteiger partial charge >= 0.3 is 18.1 Å². The molecule has 0 atom stereocenters. The Bertz CT molecular complexity index is 1670. The average molecular weight is 596 g/mol. The van der Waals surface area contributed by atoms with Gasteiger partial charge in [0.2, 0.25) is 0 Å². The van der Waals surface area contributed by atoms with E-state index in [1.807, 2.05) is 48.7 Å². The number of carboxylic acid groups (broad SMARTS) is 2. The number of amides is 1.